The van der Waals surface area contributed by atoms with Gasteiger partial charge in [0.25, 0.3) is 0 Å². The molecule has 0 aliphatic carbocycles. The van der Waals surface area contributed by atoms with Gasteiger partial charge >= 0.3 is 0 Å². The van der Waals surface area contributed by atoms with Crippen LogP contribution in [0.2, 0.25) is 0 Å². The number of nitrogens with zero attached hydrogens (tertiary/aromatic N) is 8. The predicted octanol–water partition coefficient (Wildman–Crippen LogP) is 9.28. The summed E-state index contributed by atoms with van der Waals surface area (Å²) in [6.07, 6.45) is 22.1. The Morgan fingerprint density at radius 2 is 0.962 bits per heavy atom. The number of hydrogen-bond donors (Lipinski definition) is 0. The van der Waals surface area contributed by atoms with E-state index in [2.05, 4.69) is 108 Å². The summed E-state index contributed by atoms with van der Waals surface area (Å²) in [6.45, 7) is 7.40. The molecule has 9 rings (SSSR count). The number of hydrogen-bond acceptors (Lipinski definition) is 6. The van der Waals surface area contributed by atoms with Crippen LogP contribution in [-0.4, -0.2) is 78.3 Å². The minimum Gasteiger partial charge on any atom is -0.303 e. The van der Waals surface area contributed by atoms with Crippen molar-refractivity contribution >= 4 is 27.2 Å². The van der Waals surface area contributed by atoms with Gasteiger partial charge in [-0.3, -0.25) is 0 Å². The van der Waals surface area contributed by atoms with Crippen LogP contribution in [0.3, 0.4) is 0 Å². The van der Waals surface area contributed by atoms with Crippen molar-refractivity contribution in [2.24, 2.45) is 0 Å². The maximum absolute atomic E-state index is 4.71. The van der Waals surface area contributed by atoms with Gasteiger partial charge in [0.05, 0.1) is 16.9 Å². The van der Waals surface area contributed by atoms with E-state index in [-0.39, 0.29) is 0 Å². The van der Waals surface area contributed by atoms with E-state index in [9.17, 15) is 0 Å². The Morgan fingerprint density at radius 3 is 1.51 bits per heavy atom. The zero-order chi connectivity index (χ0) is 35.8. The highest BCUT2D eigenvalue weighted by atomic mass is 79.9. The van der Waals surface area contributed by atoms with Crippen molar-refractivity contribution in [1.29, 1.82) is 0 Å². The molecule has 3 aromatic carbocycles. The Hall–Kier alpha value is -4.70. The molecule has 270 valence electrons. The normalized spacial score (nSPS) is 15.4. The maximum Gasteiger partial charge on any atom is 0.169 e. The van der Waals surface area contributed by atoms with Crippen LogP contribution < -0.4 is 0 Å². The van der Waals surface area contributed by atoms with Gasteiger partial charge in [0, 0.05) is 54.6 Å². The van der Waals surface area contributed by atoms with E-state index < -0.39 is 0 Å². The fraction of sp³-hybridized carbons (Fsp3) is 0.318. The molecule has 0 spiro atoms. The van der Waals surface area contributed by atoms with Crippen LogP contribution in [0.15, 0.2) is 121 Å². The first kappa shape index (κ1) is 35.3. The Kier molecular flexibility index (Phi) is 11.3. The van der Waals surface area contributed by atoms with Gasteiger partial charge in [0.15, 0.2) is 11.3 Å². The number of piperidine rings is 2. The highest BCUT2D eigenvalue weighted by molar-refractivity contribution is 9.10. The van der Waals surface area contributed by atoms with Gasteiger partial charge < -0.3 is 9.80 Å². The van der Waals surface area contributed by atoms with Crippen molar-refractivity contribution in [3.05, 3.63) is 132 Å². The molecule has 2 aliphatic heterocycles. The molecular formula is C44H47BrN8. The van der Waals surface area contributed by atoms with Crippen molar-refractivity contribution in [1.82, 2.24) is 39.0 Å². The van der Waals surface area contributed by atoms with E-state index in [0.29, 0.717) is 0 Å². The van der Waals surface area contributed by atoms with Gasteiger partial charge in [-0.1, -0.05) is 91.7 Å². The monoisotopic (exact) mass is 766 g/mol. The summed E-state index contributed by atoms with van der Waals surface area (Å²) in [4.78, 5) is 14.4. The van der Waals surface area contributed by atoms with Crippen LogP contribution in [-0.2, 0) is 12.8 Å². The Balaban J connectivity index is 0.000000154. The molecule has 0 amide bonds. The number of rotatable bonds is 9. The molecule has 53 heavy (non-hydrogen) atoms. The number of benzene rings is 3. The Morgan fingerprint density at radius 1 is 0.472 bits per heavy atom. The molecule has 9 heteroatoms. The predicted molar refractivity (Wildman–Crippen MR) is 218 cm³/mol. The van der Waals surface area contributed by atoms with Crippen molar-refractivity contribution in [3.8, 4) is 33.4 Å². The molecule has 2 fully saturated rings. The molecule has 6 heterocycles. The van der Waals surface area contributed by atoms with E-state index in [4.69, 9.17) is 4.98 Å². The molecular weight excluding hydrogens is 720 g/mol. The Bertz CT molecular complexity index is 2210. The lowest BCUT2D eigenvalue weighted by Gasteiger charge is -2.26. The molecule has 0 saturated carbocycles. The average molecular weight is 768 g/mol. The second-order valence-electron chi connectivity index (χ2n) is 14.3. The first-order valence-corrected chi connectivity index (χ1v) is 20.0. The fourth-order valence-electron chi connectivity index (χ4n) is 7.51. The van der Waals surface area contributed by atoms with Crippen molar-refractivity contribution in [3.63, 3.8) is 0 Å². The summed E-state index contributed by atoms with van der Waals surface area (Å²) in [6, 6.07) is 28.1. The lowest BCUT2D eigenvalue weighted by atomic mass is 10.0. The summed E-state index contributed by atoms with van der Waals surface area (Å²) in [5, 5.41) is 8.83. The van der Waals surface area contributed by atoms with E-state index in [1.807, 2.05) is 52.0 Å². The van der Waals surface area contributed by atoms with Crippen LogP contribution in [0, 0.1) is 0 Å². The number of fused-ring (bicyclic) bond motifs is 2. The molecule has 7 aromatic rings. The molecule has 0 atom stereocenters. The second kappa shape index (κ2) is 17.0. The largest absolute Gasteiger partial charge is 0.303 e. The summed E-state index contributed by atoms with van der Waals surface area (Å²) >= 11 is 3.46. The van der Waals surface area contributed by atoms with E-state index in [1.165, 1.54) is 100 Å². The van der Waals surface area contributed by atoms with Crippen molar-refractivity contribution in [2.45, 2.75) is 51.4 Å². The number of likely N-dealkylation sites (tertiary alicyclic amines) is 2. The third-order valence-corrected chi connectivity index (χ3v) is 11.2. The molecule has 0 radical (unpaired) electrons. The molecule has 2 saturated heterocycles. The maximum atomic E-state index is 4.71. The summed E-state index contributed by atoms with van der Waals surface area (Å²) in [7, 11) is 0. The van der Waals surface area contributed by atoms with Gasteiger partial charge in [0.2, 0.25) is 0 Å². The molecule has 8 nitrogen and oxygen atoms in total. The van der Waals surface area contributed by atoms with Crippen LogP contribution in [0.4, 0.5) is 0 Å². The fourth-order valence-corrected chi connectivity index (χ4v) is 7.88. The summed E-state index contributed by atoms with van der Waals surface area (Å²) in [5.74, 6) is 0. The molecule has 0 N–H and O–H groups in total. The average Bonchev–Trinajstić information content (AvgIpc) is 3.83. The van der Waals surface area contributed by atoms with E-state index in [0.717, 1.165) is 50.9 Å². The standard InChI is InChI=1S/C25H26N4.C19H21BrN4/c1-3-7-22(8-4-1)24-18-27-29-19-23(17-26-25(24)29)21-11-9-20(10-12-21)13-16-28-14-5-2-6-15-28;20-18-13-22-24-14-17(12-21-19(18)24)16-6-4-15(5-7-16)8-11-23-9-2-1-3-10-23/h1,3-4,7-12,17-19H,2,5-6,13-16H2;4-7,12-14H,1-3,8-11H2. The van der Waals surface area contributed by atoms with Crippen LogP contribution in [0.1, 0.15) is 49.7 Å². The third kappa shape index (κ3) is 8.75. The van der Waals surface area contributed by atoms with Gasteiger partial charge in [-0.15, -0.1) is 0 Å². The van der Waals surface area contributed by atoms with Gasteiger partial charge in [0.1, 0.15) is 0 Å². The van der Waals surface area contributed by atoms with Gasteiger partial charge in [-0.05, 0) is 108 Å². The highest BCUT2D eigenvalue weighted by Crippen LogP contribution is 2.26. The lowest BCUT2D eigenvalue weighted by molar-refractivity contribution is 0.231. The van der Waals surface area contributed by atoms with Gasteiger partial charge in [-0.2, -0.15) is 10.2 Å². The Labute approximate surface area is 320 Å². The van der Waals surface area contributed by atoms with Crippen LogP contribution in [0.25, 0.3) is 44.7 Å². The first-order chi connectivity index (χ1) is 26.2. The van der Waals surface area contributed by atoms with Crippen molar-refractivity contribution < 1.29 is 0 Å². The van der Waals surface area contributed by atoms with Crippen LogP contribution in [0.5, 0.6) is 0 Å². The third-order valence-electron chi connectivity index (χ3n) is 10.7. The van der Waals surface area contributed by atoms with Gasteiger partial charge in [-0.25, -0.2) is 19.0 Å². The minimum atomic E-state index is 0.844. The number of halogens is 1. The highest BCUT2D eigenvalue weighted by Gasteiger charge is 2.12. The minimum absolute atomic E-state index is 0.844. The molecule has 0 bridgehead atoms. The topological polar surface area (TPSA) is 66.9 Å². The molecule has 4 aromatic heterocycles. The first-order valence-electron chi connectivity index (χ1n) is 19.2. The summed E-state index contributed by atoms with van der Waals surface area (Å²) < 4.78 is 4.60. The SMILES string of the molecule is Brc1cnn2cc(-c3ccc(CCN4CCCCC4)cc3)cnc12.c1ccc(-c2cnn3cc(-c4ccc(CCN5CCCCC5)cc4)cnc23)cc1. The lowest BCUT2D eigenvalue weighted by Crippen LogP contribution is -2.31. The zero-order valence-corrected chi connectivity index (χ0v) is 31.9. The van der Waals surface area contributed by atoms with Crippen molar-refractivity contribution in [2.75, 3.05) is 39.3 Å². The molecule has 0 unspecified atom stereocenters. The number of aromatic nitrogens is 6. The van der Waals surface area contributed by atoms with E-state index >= 15 is 0 Å². The van der Waals surface area contributed by atoms with E-state index in [1.54, 1.807) is 6.20 Å². The summed E-state index contributed by atoms with van der Waals surface area (Å²) in [5.41, 5.74) is 11.3. The van der Waals surface area contributed by atoms with Crippen LogP contribution >= 0.6 is 15.9 Å². The zero-order valence-electron chi connectivity index (χ0n) is 30.3. The second-order valence-corrected chi connectivity index (χ2v) is 15.2. The smallest absolute Gasteiger partial charge is 0.169 e. The quantitative estimate of drug-likeness (QED) is 0.146. The molecule has 2 aliphatic rings.